The second-order valence-electron chi connectivity index (χ2n) is 24.3. The fraction of sp³-hybridized carbons (Fsp3) is 0.138. The molecule has 17 rings (SSSR count). The van der Waals surface area contributed by atoms with Gasteiger partial charge in [0, 0.05) is 66.6 Å². The molecule has 9 heteroatoms. The monoisotopic (exact) mass is 1170 g/mol. The van der Waals surface area contributed by atoms with Gasteiger partial charge < -0.3 is 13.3 Å². The summed E-state index contributed by atoms with van der Waals surface area (Å²) in [4.78, 5) is 25.1. The Morgan fingerprint density at radius 3 is 1.72 bits per heavy atom. The molecule has 0 amide bonds. The summed E-state index contributed by atoms with van der Waals surface area (Å²) in [6.45, 7) is 15.7. The normalized spacial score (nSPS) is 16.0. The topological polar surface area (TPSA) is 104 Å². The van der Waals surface area contributed by atoms with Crippen LogP contribution < -0.4 is 0 Å². The third kappa shape index (κ3) is 7.83. The minimum atomic E-state index is -0.348. The van der Waals surface area contributed by atoms with Crippen molar-refractivity contribution in [1.29, 1.82) is 0 Å². The summed E-state index contributed by atoms with van der Waals surface area (Å²) in [6, 6.07) is 53.5. The Hall–Kier alpha value is -10.2. The van der Waals surface area contributed by atoms with Crippen molar-refractivity contribution >= 4 is 78.1 Å². The van der Waals surface area contributed by atoms with Crippen molar-refractivity contribution in [3.63, 3.8) is 0 Å². The molecule has 14 aromatic rings. The largest absolute Gasteiger partial charge is 0.456 e. The molecule has 0 saturated heterocycles. The van der Waals surface area contributed by atoms with Gasteiger partial charge in [0.05, 0.1) is 32.7 Å². The molecule has 6 aromatic heterocycles. The highest BCUT2D eigenvalue weighted by Crippen LogP contribution is 2.64. The molecule has 2 atom stereocenters. The van der Waals surface area contributed by atoms with Crippen molar-refractivity contribution in [3.05, 3.63) is 251 Å². The standard InChI is InChI=1S/C80H59N5O3S/c1-43-45(3)75(86-73(43)63-34-19-33-62-72-78(88-77(62)63)57(39-40-81-72)49-27-16-29-51(47(49)5)70-60-25-12-14-37-66(60)82-41-84-70)68-53-21-8-10-23-55(53)69(56-24-11-9-22-54(56)68)76-46(4)44(2)74(87-76)65-36-20-35-64-59-32-18-31-58(79(59)89-80(64,65)7)50-28-17-30-52(48(50)6)71-61-26-13-15-38-67(61)83-42-85-71/h8-10,12-23,25-42,64H,11,24H2,1-7H3. The van der Waals surface area contributed by atoms with Gasteiger partial charge >= 0.3 is 0 Å². The van der Waals surface area contributed by atoms with Crippen molar-refractivity contribution in [1.82, 2.24) is 24.9 Å². The molecule has 2 aliphatic carbocycles. The van der Waals surface area contributed by atoms with Crippen LogP contribution in [0, 0.1) is 41.5 Å². The van der Waals surface area contributed by atoms with E-state index in [1.807, 2.05) is 42.2 Å². The van der Waals surface area contributed by atoms with Crippen LogP contribution in [0.3, 0.4) is 0 Å². The van der Waals surface area contributed by atoms with Gasteiger partial charge in [-0.15, -0.1) is 11.8 Å². The lowest BCUT2D eigenvalue weighted by Crippen LogP contribution is -2.27. The Morgan fingerprint density at radius 1 is 0.461 bits per heavy atom. The molecule has 0 spiro atoms. The van der Waals surface area contributed by atoms with E-state index >= 15 is 0 Å². The first-order valence-electron chi connectivity index (χ1n) is 30.6. The van der Waals surface area contributed by atoms with Gasteiger partial charge in [0.15, 0.2) is 5.58 Å². The average Bonchev–Trinajstić information content (AvgIpc) is 1.79. The number of rotatable bonds is 8. The summed E-state index contributed by atoms with van der Waals surface area (Å²) in [5.41, 5.74) is 27.5. The zero-order chi connectivity index (χ0) is 60.0. The molecule has 0 N–H and O–H groups in total. The summed E-state index contributed by atoms with van der Waals surface area (Å²) < 4.78 is 21.7. The van der Waals surface area contributed by atoms with Crippen LogP contribution in [-0.4, -0.2) is 29.7 Å². The number of allylic oxidation sites excluding steroid dienone is 4. The zero-order valence-electron chi connectivity index (χ0n) is 50.4. The maximum atomic E-state index is 7.56. The van der Waals surface area contributed by atoms with Gasteiger partial charge in [0.1, 0.15) is 46.8 Å². The molecule has 2 unspecified atom stereocenters. The highest BCUT2D eigenvalue weighted by Gasteiger charge is 2.49. The lowest BCUT2D eigenvalue weighted by atomic mass is 9.77. The molecule has 0 bridgehead atoms. The summed E-state index contributed by atoms with van der Waals surface area (Å²) in [5, 5.41) is 5.24. The number of furan rings is 3. The van der Waals surface area contributed by atoms with Crippen molar-refractivity contribution in [2.24, 2.45) is 0 Å². The summed E-state index contributed by atoms with van der Waals surface area (Å²) >= 11 is 1.97. The number of benzene rings is 8. The molecule has 0 radical (unpaired) electrons. The number of aromatic nitrogens is 5. The molecule has 8 nitrogen and oxygen atoms in total. The van der Waals surface area contributed by atoms with Crippen LogP contribution >= 0.6 is 11.8 Å². The van der Waals surface area contributed by atoms with Crippen LogP contribution in [0.4, 0.5) is 0 Å². The van der Waals surface area contributed by atoms with Crippen LogP contribution in [0.2, 0.25) is 0 Å². The number of hydrogen-bond donors (Lipinski definition) is 0. The fourth-order valence-electron chi connectivity index (χ4n) is 14.9. The van der Waals surface area contributed by atoms with Gasteiger partial charge in [-0.05, 0) is 169 Å². The number of pyridine rings is 1. The Bertz CT molecular complexity index is 5470. The third-order valence-electron chi connectivity index (χ3n) is 19.7. The van der Waals surface area contributed by atoms with Gasteiger partial charge in [-0.1, -0.05) is 152 Å². The number of hydrogen-bond acceptors (Lipinski definition) is 9. The minimum absolute atomic E-state index is 0.131. The first kappa shape index (κ1) is 53.1. The van der Waals surface area contributed by atoms with E-state index in [2.05, 4.69) is 216 Å². The van der Waals surface area contributed by atoms with E-state index in [1.54, 1.807) is 12.7 Å². The van der Waals surface area contributed by atoms with Crippen molar-refractivity contribution in [2.45, 2.75) is 76.9 Å². The van der Waals surface area contributed by atoms with Crippen LogP contribution in [0.1, 0.15) is 75.1 Å². The average molecular weight is 1170 g/mol. The molecule has 0 saturated carbocycles. The molecule has 1 aliphatic heterocycles. The highest BCUT2D eigenvalue weighted by atomic mass is 32.2. The molecular weight excluding hydrogens is 1110 g/mol. The smallest absolute Gasteiger partial charge is 0.161 e. The van der Waals surface area contributed by atoms with Gasteiger partial charge in [-0.25, -0.2) is 19.9 Å². The Labute approximate surface area is 519 Å². The second-order valence-corrected chi connectivity index (χ2v) is 25.7. The van der Waals surface area contributed by atoms with Crippen molar-refractivity contribution in [2.75, 3.05) is 0 Å². The van der Waals surface area contributed by atoms with Crippen LogP contribution in [0.5, 0.6) is 0 Å². The number of thioether (sulfide) groups is 1. The lowest BCUT2D eigenvalue weighted by molar-refractivity contribution is 0.551. The maximum Gasteiger partial charge on any atom is 0.161 e. The van der Waals surface area contributed by atoms with Crippen LogP contribution in [0.15, 0.2) is 213 Å². The molecular formula is C80H59N5O3S. The van der Waals surface area contributed by atoms with Crippen molar-refractivity contribution < 1.29 is 13.3 Å². The lowest BCUT2D eigenvalue weighted by Gasteiger charge is -2.33. The first-order chi connectivity index (χ1) is 43.6. The number of nitrogens with zero attached hydrogens (tertiary/aromatic N) is 5. The van der Waals surface area contributed by atoms with Crippen LogP contribution in [-0.2, 0) is 6.42 Å². The molecule has 0 fully saturated rings. The maximum absolute atomic E-state index is 7.56. The Balaban J connectivity index is 0.754. The van der Waals surface area contributed by atoms with Gasteiger partial charge in [-0.3, -0.25) is 4.98 Å². The van der Waals surface area contributed by atoms with E-state index in [0.29, 0.717) is 0 Å². The van der Waals surface area contributed by atoms with Crippen LogP contribution in [0.25, 0.3) is 145 Å². The summed E-state index contributed by atoms with van der Waals surface area (Å²) in [7, 11) is 0. The minimum Gasteiger partial charge on any atom is -0.456 e. The quantitative estimate of drug-likeness (QED) is 0.147. The van der Waals surface area contributed by atoms with Crippen molar-refractivity contribution in [3.8, 4) is 78.7 Å². The summed E-state index contributed by atoms with van der Waals surface area (Å²) in [6.07, 6.45) is 18.6. The predicted octanol–water partition coefficient (Wildman–Crippen LogP) is 21.3. The summed E-state index contributed by atoms with van der Waals surface area (Å²) in [5.74, 6) is 3.64. The number of fused-ring (bicyclic) bond motifs is 10. The van der Waals surface area contributed by atoms with Gasteiger partial charge in [-0.2, -0.15) is 0 Å². The SMILES string of the molecule is Cc1c(-c2cccc3c2SC2(C)C(c4oc(-c5c6c(c(-c7oc(-c8cccc9c8oc8c(-c%10cccc(-c%11ncnc%12ccccc%11%12)c%10C)ccnc89)c(C)c7C)c7ccccc57)C=CCC6)c(C)c4C)=CC=CC32)cccc1-c1ncnc2ccccc12. The highest BCUT2D eigenvalue weighted by molar-refractivity contribution is 8.01. The van der Waals surface area contributed by atoms with Gasteiger partial charge in [0.25, 0.3) is 0 Å². The van der Waals surface area contributed by atoms with Gasteiger partial charge in [0.2, 0.25) is 0 Å². The Kier molecular flexibility index (Phi) is 12.0. The molecule has 8 aromatic carbocycles. The second kappa shape index (κ2) is 20.2. The van der Waals surface area contributed by atoms with E-state index in [0.717, 1.165) is 169 Å². The molecule has 428 valence electrons. The van der Waals surface area contributed by atoms with E-state index in [1.165, 1.54) is 43.8 Å². The van der Waals surface area contributed by atoms with E-state index in [9.17, 15) is 0 Å². The molecule has 3 aliphatic rings. The number of para-hydroxylation sites is 3. The third-order valence-corrected chi connectivity index (χ3v) is 21.2. The first-order valence-corrected chi connectivity index (χ1v) is 31.4. The van der Waals surface area contributed by atoms with E-state index in [-0.39, 0.29) is 10.7 Å². The molecule has 7 heterocycles. The van der Waals surface area contributed by atoms with E-state index in [4.69, 9.17) is 28.2 Å². The zero-order valence-corrected chi connectivity index (χ0v) is 51.2. The molecule has 89 heavy (non-hydrogen) atoms. The van der Waals surface area contributed by atoms with E-state index < -0.39 is 0 Å². The predicted molar refractivity (Wildman–Crippen MR) is 364 cm³/mol. The fourth-order valence-corrected chi connectivity index (χ4v) is 16.5. The Morgan fingerprint density at radius 2 is 1.01 bits per heavy atom.